The Labute approximate surface area is 120 Å². The Morgan fingerprint density at radius 2 is 2.10 bits per heavy atom. The first-order valence-corrected chi connectivity index (χ1v) is 7.07. The number of carboxylic acid groups (broad SMARTS) is 1. The number of amides is 2. The number of benzene rings is 1. The summed E-state index contributed by atoms with van der Waals surface area (Å²) in [5.41, 5.74) is 1.04. The van der Waals surface area contributed by atoms with Gasteiger partial charge in [0.25, 0.3) is 0 Å². The molecule has 0 fully saturated rings. The highest BCUT2D eigenvalue weighted by Gasteiger charge is 2.21. The molecule has 2 rings (SSSR count). The van der Waals surface area contributed by atoms with Gasteiger partial charge in [-0.3, -0.25) is 0 Å². The summed E-state index contributed by atoms with van der Waals surface area (Å²) >= 11 is 1.63. The number of aliphatic carboxylic acids is 1. The third-order valence-corrected chi connectivity index (χ3v) is 4.26. The molecule has 1 aromatic carbocycles. The number of fused-ring (bicyclic) bond motifs is 1. The Hall–Kier alpha value is -2.08. The first-order chi connectivity index (χ1) is 9.50. The molecule has 1 heterocycles. The lowest BCUT2D eigenvalue weighted by Crippen LogP contribution is -2.45. The number of carbonyl (C=O) groups is 2. The summed E-state index contributed by atoms with van der Waals surface area (Å²) in [6.45, 7) is 1.86. The lowest BCUT2D eigenvalue weighted by Gasteiger charge is -2.21. The molecule has 2 aromatic rings. The zero-order valence-corrected chi connectivity index (χ0v) is 12.1. The number of carboxylic acids is 1. The molecule has 0 spiro atoms. The molecule has 2 N–H and O–H groups in total. The molecule has 5 nitrogen and oxygen atoms in total. The van der Waals surface area contributed by atoms with Crippen molar-refractivity contribution in [2.45, 2.75) is 19.5 Å². The minimum atomic E-state index is -1.02. The Kier molecular flexibility index (Phi) is 4.24. The van der Waals surface area contributed by atoms with Gasteiger partial charge in [-0.25, -0.2) is 9.59 Å². The fourth-order valence-electron chi connectivity index (χ4n) is 1.81. The third kappa shape index (κ3) is 2.91. The van der Waals surface area contributed by atoms with Crippen LogP contribution in [-0.4, -0.2) is 35.1 Å². The molecule has 0 aliphatic rings. The maximum Gasteiger partial charge on any atom is 0.326 e. The van der Waals surface area contributed by atoms with Crippen molar-refractivity contribution in [2.75, 3.05) is 7.05 Å². The second-order valence-corrected chi connectivity index (χ2v) is 5.45. The molecule has 0 aliphatic carbocycles. The average molecular weight is 292 g/mol. The summed E-state index contributed by atoms with van der Waals surface area (Å²) in [7, 11) is 1.47. The molecule has 106 valence electrons. The monoisotopic (exact) mass is 292 g/mol. The van der Waals surface area contributed by atoms with E-state index in [1.54, 1.807) is 11.3 Å². The van der Waals surface area contributed by atoms with Gasteiger partial charge < -0.3 is 15.3 Å². The highest BCUT2D eigenvalue weighted by atomic mass is 32.1. The average Bonchev–Trinajstić information content (AvgIpc) is 2.86. The van der Waals surface area contributed by atoms with E-state index < -0.39 is 18.0 Å². The van der Waals surface area contributed by atoms with E-state index in [0.29, 0.717) is 6.54 Å². The number of nitrogens with zero attached hydrogens (tertiary/aromatic N) is 1. The van der Waals surface area contributed by atoms with Gasteiger partial charge in [0.1, 0.15) is 6.04 Å². The van der Waals surface area contributed by atoms with Gasteiger partial charge in [0, 0.05) is 18.3 Å². The Bertz CT molecular complexity index is 638. The van der Waals surface area contributed by atoms with Crippen molar-refractivity contribution in [2.24, 2.45) is 0 Å². The first kappa shape index (κ1) is 14.3. The largest absolute Gasteiger partial charge is 0.480 e. The summed E-state index contributed by atoms with van der Waals surface area (Å²) in [4.78, 5) is 23.9. The summed E-state index contributed by atoms with van der Waals surface area (Å²) < 4.78 is 1.17. The maximum absolute atomic E-state index is 11.9. The smallest absolute Gasteiger partial charge is 0.326 e. The molecule has 1 aromatic heterocycles. The number of likely N-dealkylation sites (N-methyl/N-ethyl adjacent to an activating group) is 1. The summed E-state index contributed by atoms with van der Waals surface area (Å²) in [5.74, 6) is -1.02. The minimum Gasteiger partial charge on any atom is -0.480 e. The van der Waals surface area contributed by atoms with Crippen molar-refractivity contribution in [1.82, 2.24) is 10.2 Å². The lowest BCUT2D eigenvalue weighted by atomic mass is 10.2. The second-order valence-electron chi connectivity index (χ2n) is 4.54. The number of nitrogens with one attached hydrogen (secondary N) is 1. The minimum absolute atomic E-state index is 0.388. The molecule has 6 heteroatoms. The van der Waals surface area contributed by atoms with Crippen molar-refractivity contribution in [1.29, 1.82) is 0 Å². The number of hydrogen-bond acceptors (Lipinski definition) is 3. The lowest BCUT2D eigenvalue weighted by molar-refractivity contribution is -0.141. The van der Waals surface area contributed by atoms with Crippen LogP contribution in [0, 0.1) is 0 Å². The van der Waals surface area contributed by atoms with Crippen molar-refractivity contribution in [3.63, 3.8) is 0 Å². The van der Waals surface area contributed by atoms with Gasteiger partial charge in [-0.2, -0.15) is 0 Å². The summed E-state index contributed by atoms with van der Waals surface area (Å²) in [6.07, 6.45) is 0. The molecule has 1 unspecified atom stereocenters. The Morgan fingerprint density at radius 1 is 1.40 bits per heavy atom. The van der Waals surface area contributed by atoms with Crippen molar-refractivity contribution in [3.05, 3.63) is 35.2 Å². The molecule has 0 saturated heterocycles. The standard InChI is InChI=1S/C14H16N2O3S/c1-9(13(17)18)16(2)14(19)15-7-10-8-20-12-6-4-3-5-11(10)12/h3-6,8-9H,7H2,1-2H3,(H,15,19)(H,17,18). The van der Waals surface area contributed by atoms with Crippen LogP contribution in [0.2, 0.25) is 0 Å². The van der Waals surface area contributed by atoms with E-state index in [1.807, 2.05) is 29.6 Å². The van der Waals surface area contributed by atoms with E-state index in [2.05, 4.69) is 5.32 Å². The van der Waals surface area contributed by atoms with Crippen LogP contribution in [-0.2, 0) is 11.3 Å². The second kappa shape index (κ2) is 5.92. The van der Waals surface area contributed by atoms with Crippen LogP contribution < -0.4 is 5.32 Å². The fourth-order valence-corrected chi connectivity index (χ4v) is 2.77. The molecule has 20 heavy (non-hydrogen) atoms. The van der Waals surface area contributed by atoms with E-state index in [1.165, 1.54) is 23.6 Å². The highest BCUT2D eigenvalue weighted by molar-refractivity contribution is 7.17. The molecule has 0 aliphatic heterocycles. The molecule has 2 amide bonds. The molecule has 0 radical (unpaired) electrons. The van der Waals surface area contributed by atoms with Gasteiger partial charge >= 0.3 is 12.0 Å². The van der Waals surface area contributed by atoms with E-state index >= 15 is 0 Å². The molecular formula is C14H16N2O3S. The zero-order chi connectivity index (χ0) is 14.7. The van der Waals surface area contributed by atoms with Crippen molar-refractivity contribution < 1.29 is 14.7 Å². The van der Waals surface area contributed by atoms with Gasteiger partial charge in [-0.1, -0.05) is 18.2 Å². The third-order valence-electron chi connectivity index (χ3n) is 3.25. The number of carbonyl (C=O) groups excluding carboxylic acids is 1. The number of rotatable bonds is 4. The van der Waals surface area contributed by atoms with Gasteiger partial charge in [-0.15, -0.1) is 11.3 Å². The van der Waals surface area contributed by atoms with Crippen LogP contribution in [0.4, 0.5) is 4.79 Å². The van der Waals surface area contributed by atoms with E-state index in [4.69, 9.17) is 5.11 Å². The van der Waals surface area contributed by atoms with Crippen LogP contribution in [0.15, 0.2) is 29.6 Å². The number of urea groups is 1. The summed E-state index contributed by atoms with van der Waals surface area (Å²) in [6, 6.07) is 6.73. The molecular weight excluding hydrogens is 276 g/mol. The molecule has 0 bridgehead atoms. The van der Waals surface area contributed by atoms with Crippen LogP contribution >= 0.6 is 11.3 Å². The van der Waals surface area contributed by atoms with Crippen LogP contribution in [0.1, 0.15) is 12.5 Å². The van der Waals surface area contributed by atoms with Crippen molar-refractivity contribution >= 4 is 33.4 Å². The fraction of sp³-hybridized carbons (Fsp3) is 0.286. The van der Waals surface area contributed by atoms with Gasteiger partial charge in [0.05, 0.1) is 0 Å². The van der Waals surface area contributed by atoms with E-state index in [0.717, 1.165) is 10.9 Å². The normalized spacial score (nSPS) is 12.1. The quantitative estimate of drug-likeness (QED) is 0.909. The van der Waals surface area contributed by atoms with E-state index in [-0.39, 0.29) is 0 Å². The number of hydrogen-bond donors (Lipinski definition) is 2. The van der Waals surface area contributed by atoms with Crippen molar-refractivity contribution in [3.8, 4) is 0 Å². The highest BCUT2D eigenvalue weighted by Crippen LogP contribution is 2.25. The van der Waals surface area contributed by atoms with Crippen LogP contribution in [0.3, 0.4) is 0 Å². The Balaban J connectivity index is 2.02. The molecule has 0 saturated carbocycles. The first-order valence-electron chi connectivity index (χ1n) is 6.19. The molecule has 1 atom stereocenters. The SMILES string of the molecule is CC(C(=O)O)N(C)C(=O)NCc1csc2ccccc12. The topological polar surface area (TPSA) is 69.6 Å². The number of thiophene rings is 1. The van der Waals surface area contributed by atoms with Gasteiger partial charge in [0.15, 0.2) is 0 Å². The predicted octanol–water partition coefficient (Wildman–Crippen LogP) is 2.52. The van der Waals surface area contributed by atoms with Gasteiger partial charge in [-0.05, 0) is 29.3 Å². The summed E-state index contributed by atoms with van der Waals surface area (Å²) in [5, 5.41) is 14.7. The van der Waals surface area contributed by atoms with Gasteiger partial charge in [0.2, 0.25) is 0 Å². The van der Waals surface area contributed by atoms with Crippen LogP contribution in [0.5, 0.6) is 0 Å². The maximum atomic E-state index is 11.9. The van der Waals surface area contributed by atoms with E-state index in [9.17, 15) is 9.59 Å². The Morgan fingerprint density at radius 3 is 2.80 bits per heavy atom. The zero-order valence-electron chi connectivity index (χ0n) is 11.3. The predicted molar refractivity (Wildman–Crippen MR) is 78.9 cm³/mol. The van der Waals surface area contributed by atoms with Crippen LogP contribution in [0.25, 0.3) is 10.1 Å².